The number of cyclic esters (lactones) is 1. The zero-order valence-electron chi connectivity index (χ0n) is 8.57. The SMILES string of the molecule is COCCC1CCN2C(=O)OC[C@H]2C1. The Labute approximate surface area is 84.2 Å². The summed E-state index contributed by atoms with van der Waals surface area (Å²) in [5.74, 6) is 0.700. The normalized spacial score (nSPS) is 31.5. The van der Waals surface area contributed by atoms with Crippen LogP contribution < -0.4 is 0 Å². The third kappa shape index (κ3) is 1.85. The van der Waals surface area contributed by atoms with Crippen LogP contribution in [-0.2, 0) is 9.47 Å². The quantitative estimate of drug-likeness (QED) is 0.686. The van der Waals surface area contributed by atoms with E-state index in [1.54, 1.807) is 7.11 Å². The second kappa shape index (κ2) is 4.17. The molecule has 1 amide bonds. The molecule has 80 valence electrons. The van der Waals surface area contributed by atoms with E-state index in [-0.39, 0.29) is 6.09 Å². The van der Waals surface area contributed by atoms with Gasteiger partial charge >= 0.3 is 6.09 Å². The maximum Gasteiger partial charge on any atom is 0.410 e. The first-order chi connectivity index (χ1) is 6.81. The molecule has 1 unspecified atom stereocenters. The van der Waals surface area contributed by atoms with Gasteiger partial charge in [0.1, 0.15) is 6.61 Å². The van der Waals surface area contributed by atoms with E-state index in [9.17, 15) is 4.79 Å². The molecule has 2 rings (SSSR count). The van der Waals surface area contributed by atoms with Gasteiger partial charge in [-0.1, -0.05) is 0 Å². The van der Waals surface area contributed by atoms with Crippen molar-refractivity contribution in [2.45, 2.75) is 25.3 Å². The molecule has 0 aromatic heterocycles. The van der Waals surface area contributed by atoms with E-state index in [0.717, 1.165) is 32.4 Å². The van der Waals surface area contributed by atoms with Gasteiger partial charge in [-0.3, -0.25) is 0 Å². The van der Waals surface area contributed by atoms with Gasteiger partial charge in [0.2, 0.25) is 0 Å². The lowest BCUT2D eigenvalue weighted by molar-refractivity contribution is 0.126. The molecule has 0 aliphatic carbocycles. The molecule has 2 aliphatic rings. The summed E-state index contributed by atoms with van der Waals surface area (Å²) in [5.41, 5.74) is 0. The van der Waals surface area contributed by atoms with Gasteiger partial charge in [-0.25, -0.2) is 4.79 Å². The van der Waals surface area contributed by atoms with Crippen molar-refractivity contribution in [1.82, 2.24) is 4.90 Å². The van der Waals surface area contributed by atoms with Gasteiger partial charge in [0.25, 0.3) is 0 Å². The first-order valence-corrected chi connectivity index (χ1v) is 5.23. The van der Waals surface area contributed by atoms with Crippen molar-refractivity contribution in [3.8, 4) is 0 Å². The maximum absolute atomic E-state index is 11.2. The van der Waals surface area contributed by atoms with Gasteiger partial charge in [-0.05, 0) is 25.2 Å². The summed E-state index contributed by atoms with van der Waals surface area (Å²) in [5, 5.41) is 0. The zero-order valence-corrected chi connectivity index (χ0v) is 8.57. The lowest BCUT2D eigenvalue weighted by atomic mass is 9.89. The third-order valence-corrected chi connectivity index (χ3v) is 3.19. The number of methoxy groups -OCH3 is 1. The van der Waals surface area contributed by atoms with Crippen LogP contribution in [0.25, 0.3) is 0 Å². The Kier molecular flexibility index (Phi) is 2.91. The van der Waals surface area contributed by atoms with Crippen molar-refractivity contribution in [2.75, 3.05) is 26.9 Å². The molecule has 0 aromatic carbocycles. The molecule has 2 saturated heterocycles. The molecular formula is C10H17NO3. The Hall–Kier alpha value is -0.770. The largest absolute Gasteiger partial charge is 0.447 e. The van der Waals surface area contributed by atoms with Crippen LogP contribution in [0.4, 0.5) is 4.79 Å². The van der Waals surface area contributed by atoms with E-state index >= 15 is 0 Å². The number of nitrogens with zero attached hydrogens (tertiary/aromatic N) is 1. The molecule has 2 fully saturated rings. The van der Waals surface area contributed by atoms with Gasteiger partial charge in [0.15, 0.2) is 0 Å². The Morgan fingerprint density at radius 3 is 3.29 bits per heavy atom. The molecule has 4 nitrogen and oxygen atoms in total. The van der Waals surface area contributed by atoms with Crippen molar-refractivity contribution in [3.63, 3.8) is 0 Å². The predicted molar refractivity (Wildman–Crippen MR) is 51.1 cm³/mol. The van der Waals surface area contributed by atoms with Crippen LogP contribution >= 0.6 is 0 Å². The summed E-state index contributed by atoms with van der Waals surface area (Å²) < 4.78 is 10.1. The van der Waals surface area contributed by atoms with E-state index in [1.807, 2.05) is 4.90 Å². The first-order valence-electron chi connectivity index (χ1n) is 5.23. The summed E-state index contributed by atoms with van der Waals surface area (Å²) >= 11 is 0. The Morgan fingerprint density at radius 2 is 2.50 bits per heavy atom. The molecule has 14 heavy (non-hydrogen) atoms. The maximum atomic E-state index is 11.2. The minimum atomic E-state index is -0.125. The molecule has 0 spiro atoms. The fraction of sp³-hybridized carbons (Fsp3) is 0.900. The number of ether oxygens (including phenoxy) is 2. The number of rotatable bonds is 3. The second-order valence-electron chi connectivity index (χ2n) is 4.10. The van der Waals surface area contributed by atoms with Crippen molar-refractivity contribution < 1.29 is 14.3 Å². The Balaban J connectivity index is 1.83. The first kappa shape index (κ1) is 9.77. The second-order valence-corrected chi connectivity index (χ2v) is 4.10. The number of fused-ring (bicyclic) bond motifs is 1. The monoisotopic (exact) mass is 199 g/mol. The average Bonchev–Trinajstić information content (AvgIpc) is 2.57. The lowest BCUT2D eigenvalue weighted by Crippen LogP contribution is -2.41. The van der Waals surface area contributed by atoms with Crippen LogP contribution in [0.3, 0.4) is 0 Å². The lowest BCUT2D eigenvalue weighted by Gasteiger charge is -2.32. The van der Waals surface area contributed by atoms with Crippen LogP contribution in [-0.4, -0.2) is 43.9 Å². The summed E-state index contributed by atoms with van der Waals surface area (Å²) in [6, 6.07) is 0.332. The van der Waals surface area contributed by atoms with Gasteiger partial charge in [0.05, 0.1) is 6.04 Å². The molecule has 0 aromatic rings. The molecule has 0 radical (unpaired) electrons. The minimum Gasteiger partial charge on any atom is -0.447 e. The number of hydrogen-bond donors (Lipinski definition) is 0. The predicted octanol–water partition coefficient (Wildman–Crippen LogP) is 1.25. The van der Waals surface area contributed by atoms with Crippen LogP contribution in [0.15, 0.2) is 0 Å². The van der Waals surface area contributed by atoms with Gasteiger partial charge in [-0.15, -0.1) is 0 Å². The third-order valence-electron chi connectivity index (χ3n) is 3.19. The van der Waals surface area contributed by atoms with Crippen molar-refractivity contribution >= 4 is 6.09 Å². The number of amides is 1. The number of hydrogen-bond acceptors (Lipinski definition) is 3. The summed E-state index contributed by atoms with van der Waals surface area (Å²) in [6.07, 6.45) is 3.15. The highest BCUT2D eigenvalue weighted by atomic mass is 16.6. The zero-order chi connectivity index (χ0) is 9.97. The molecule has 0 N–H and O–H groups in total. The number of carbonyl (C=O) groups excluding carboxylic acids is 1. The van der Waals surface area contributed by atoms with Crippen LogP contribution in [0.5, 0.6) is 0 Å². The smallest absolute Gasteiger partial charge is 0.410 e. The minimum absolute atomic E-state index is 0.125. The van der Waals surface area contributed by atoms with E-state index in [0.29, 0.717) is 18.6 Å². The van der Waals surface area contributed by atoms with Gasteiger partial charge < -0.3 is 14.4 Å². The summed E-state index contributed by atoms with van der Waals surface area (Å²) in [4.78, 5) is 13.1. The van der Waals surface area contributed by atoms with Gasteiger partial charge in [0, 0.05) is 20.3 Å². The molecule has 2 heterocycles. The highest BCUT2D eigenvalue weighted by molar-refractivity contribution is 5.70. The fourth-order valence-electron chi connectivity index (χ4n) is 2.33. The Morgan fingerprint density at radius 1 is 1.64 bits per heavy atom. The fourth-order valence-corrected chi connectivity index (χ4v) is 2.33. The standard InChI is InChI=1S/C10H17NO3/c1-13-5-3-8-2-4-11-9(6-8)7-14-10(11)12/h8-9H,2-7H2,1H3/t8?,9-/m1/s1. The Bertz CT molecular complexity index is 219. The van der Waals surface area contributed by atoms with Gasteiger partial charge in [-0.2, -0.15) is 0 Å². The van der Waals surface area contributed by atoms with E-state index < -0.39 is 0 Å². The number of piperidine rings is 1. The van der Waals surface area contributed by atoms with Crippen molar-refractivity contribution in [1.29, 1.82) is 0 Å². The van der Waals surface area contributed by atoms with Crippen molar-refractivity contribution in [3.05, 3.63) is 0 Å². The number of carbonyl (C=O) groups is 1. The van der Waals surface area contributed by atoms with E-state index in [4.69, 9.17) is 9.47 Å². The topological polar surface area (TPSA) is 38.8 Å². The molecule has 0 bridgehead atoms. The highest BCUT2D eigenvalue weighted by Crippen LogP contribution is 2.29. The molecule has 4 heteroatoms. The van der Waals surface area contributed by atoms with E-state index in [1.165, 1.54) is 0 Å². The summed E-state index contributed by atoms with van der Waals surface area (Å²) in [6.45, 7) is 2.27. The van der Waals surface area contributed by atoms with Crippen LogP contribution in [0.1, 0.15) is 19.3 Å². The molecular weight excluding hydrogens is 182 g/mol. The average molecular weight is 199 g/mol. The molecule has 2 aliphatic heterocycles. The molecule has 0 saturated carbocycles. The molecule has 2 atom stereocenters. The highest BCUT2D eigenvalue weighted by Gasteiger charge is 2.37. The van der Waals surface area contributed by atoms with Crippen LogP contribution in [0.2, 0.25) is 0 Å². The van der Waals surface area contributed by atoms with E-state index in [2.05, 4.69) is 0 Å². The van der Waals surface area contributed by atoms with Crippen LogP contribution in [0, 0.1) is 5.92 Å². The van der Waals surface area contributed by atoms with Crippen molar-refractivity contribution in [2.24, 2.45) is 5.92 Å². The summed E-state index contributed by atoms with van der Waals surface area (Å²) in [7, 11) is 1.73.